The topological polar surface area (TPSA) is 79.3 Å². The van der Waals surface area contributed by atoms with Crippen molar-refractivity contribution >= 4 is 38.5 Å². The van der Waals surface area contributed by atoms with Crippen LogP contribution in [0.3, 0.4) is 0 Å². The lowest BCUT2D eigenvalue weighted by atomic mass is 10.1. The van der Waals surface area contributed by atoms with E-state index >= 15 is 0 Å². The molecule has 0 aromatic heterocycles. The molecule has 7 nitrogen and oxygen atoms in total. The maximum Gasteiger partial charge on any atom is 0.266 e. The van der Waals surface area contributed by atoms with Gasteiger partial charge in [0.15, 0.2) is 11.8 Å². The highest BCUT2D eigenvalue weighted by molar-refractivity contribution is 8.14. The minimum atomic E-state index is -3.56. The van der Waals surface area contributed by atoms with Gasteiger partial charge in [0.05, 0.1) is 10.6 Å². The number of rotatable bonds is 6. The van der Waals surface area contributed by atoms with Crippen LogP contribution in [0.4, 0.5) is 5.69 Å². The second kappa shape index (κ2) is 9.42. The van der Waals surface area contributed by atoms with E-state index < -0.39 is 10.0 Å². The smallest absolute Gasteiger partial charge is 0.266 e. The summed E-state index contributed by atoms with van der Waals surface area (Å²) in [6.45, 7) is 6.40. The first-order valence-corrected chi connectivity index (χ1v) is 12.2. The van der Waals surface area contributed by atoms with Crippen LogP contribution in [0.15, 0.2) is 52.4 Å². The van der Waals surface area contributed by atoms with Crippen LogP contribution in [0.25, 0.3) is 0 Å². The summed E-state index contributed by atoms with van der Waals surface area (Å²) in [5.41, 5.74) is 2.59. The number of ether oxygens (including phenoxy) is 1. The zero-order valence-electron chi connectivity index (χ0n) is 18.3. The van der Waals surface area contributed by atoms with Crippen LogP contribution >= 0.6 is 11.8 Å². The third kappa shape index (κ3) is 5.47. The van der Waals surface area contributed by atoms with Gasteiger partial charge in [-0.3, -0.25) is 9.69 Å². The Morgan fingerprint density at radius 3 is 2.65 bits per heavy atom. The van der Waals surface area contributed by atoms with Gasteiger partial charge in [0.1, 0.15) is 5.75 Å². The molecular weight excluding hydrogens is 434 g/mol. The lowest BCUT2D eigenvalue weighted by Gasteiger charge is -2.17. The van der Waals surface area contributed by atoms with Crippen LogP contribution in [-0.2, 0) is 14.8 Å². The predicted octanol–water partition coefficient (Wildman–Crippen LogP) is 3.58. The van der Waals surface area contributed by atoms with Crippen LogP contribution in [-0.4, -0.2) is 61.2 Å². The van der Waals surface area contributed by atoms with Gasteiger partial charge in [-0.2, -0.15) is 0 Å². The number of sulfonamides is 1. The van der Waals surface area contributed by atoms with Crippen LogP contribution in [0.5, 0.6) is 5.75 Å². The number of aliphatic imine (C=N–C) groups is 1. The van der Waals surface area contributed by atoms with Crippen molar-refractivity contribution in [2.75, 3.05) is 27.2 Å². The molecule has 0 radical (unpaired) electrons. The molecule has 31 heavy (non-hydrogen) atoms. The molecule has 1 unspecified atom stereocenters. The van der Waals surface area contributed by atoms with Gasteiger partial charge in [0, 0.05) is 25.9 Å². The van der Waals surface area contributed by atoms with Gasteiger partial charge >= 0.3 is 0 Å². The first-order valence-electron chi connectivity index (χ1n) is 9.86. The second-order valence-corrected chi connectivity index (χ2v) is 11.2. The normalized spacial score (nSPS) is 18.1. The van der Waals surface area contributed by atoms with E-state index in [2.05, 4.69) is 4.99 Å². The third-order valence-corrected chi connectivity index (χ3v) is 7.67. The van der Waals surface area contributed by atoms with Gasteiger partial charge in [-0.05, 0) is 43.7 Å². The number of amides is 1. The van der Waals surface area contributed by atoms with Crippen molar-refractivity contribution in [1.82, 2.24) is 9.21 Å². The molecule has 2 aromatic rings. The van der Waals surface area contributed by atoms with Gasteiger partial charge in [0.2, 0.25) is 10.0 Å². The van der Waals surface area contributed by atoms with Crippen molar-refractivity contribution in [1.29, 1.82) is 0 Å². The fourth-order valence-electron chi connectivity index (χ4n) is 3.12. The van der Waals surface area contributed by atoms with E-state index in [4.69, 9.17) is 4.74 Å². The third-order valence-electron chi connectivity index (χ3n) is 4.78. The number of hydrogen-bond acceptors (Lipinski definition) is 6. The average molecular weight is 462 g/mol. The number of aryl methyl sites for hydroxylation is 2. The molecule has 1 heterocycles. The number of carbonyl (C=O) groups is 1. The molecule has 1 aliphatic heterocycles. The molecule has 3 rings (SSSR count). The highest BCUT2D eigenvalue weighted by atomic mass is 32.2. The first-order chi connectivity index (χ1) is 14.6. The summed E-state index contributed by atoms with van der Waals surface area (Å²) in [6.07, 6.45) is 0. The average Bonchev–Trinajstić information content (AvgIpc) is 3.07. The minimum absolute atomic E-state index is 0.0920. The van der Waals surface area contributed by atoms with Crippen molar-refractivity contribution in [2.45, 2.75) is 30.9 Å². The second-order valence-electron chi connectivity index (χ2n) is 7.67. The zero-order chi connectivity index (χ0) is 22.8. The first kappa shape index (κ1) is 23.3. The zero-order valence-corrected chi connectivity index (χ0v) is 20.0. The lowest BCUT2D eigenvalue weighted by Crippen LogP contribution is -2.36. The van der Waals surface area contributed by atoms with E-state index in [0.717, 1.165) is 15.4 Å². The Morgan fingerprint density at radius 1 is 1.23 bits per heavy atom. The number of amidine groups is 1. The Labute approximate surface area is 188 Å². The van der Waals surface area contributed by atoms with E-state index in [1.807, 2.05) is 39.0 Å². The Hall–Kier alpha value is -2.36. The molecule has 1 atom stereocenters. The Bertz CT molecular complexity index is 1110. The highest BCUT2D eigenvalue weighted by Gasteiger charge is 2.31. The summed E-state index contributed by atoms with van der Waals surface area (Å²) in [5, 5.41) is 0.721. The maximum absolute atomic E-state index is 12.9. The molecule has 0 spiro atoms. The summed E-state index contributed by atoms with van der Waals surface area (Å²) < 4.78 is 31.7. The number of hydrogen-bond donors (Lipinski definition) is 0. The molecule has 166 valence electrons. The predicted molar refractivity (Wildman–Crippen MR) is 125 cm³/mol. The van der Waals surface area contributed by atoms with Crippen molar-refractivity contribution in [2.24, 2.45) is 4.99 Å². The molecule has 2 aromatic carbocycles. The summed E-state index contributed by atoms with van der Waals surface area (Å²) in [7, 11) is -0.594. The number of carbonyl (C=O) groups excluding carboxylic acids is 1. The van der Waals surface area contributed by atoms with Gasteiger partial charge in [-0.25, -0.2) is 17.7 Å². The van der Waals surface area contributed by atoms with Crippen LogP contribution in [0, 0.1) is 13.8 Å². The highest BCUT2D eigenvalue weighted by Crippen LogP contribution is 2.29. The maximum atomic E-state index is 12.9. The van der Waals surface area contributed by atoms with Crippen molar-refractivity contribution < 1.29 is 17.9 Å². The van der Waals surface area contributed by atoms with Crippen LogP contribution in [0.2, 0.25) is 0 Å². The van der Waals surface area contributed by atoms with Gasteiger partial charge in [-0.1, -0.05) is 42.4 Å². The molecule has 0 saturated carbocycles. The van der Waals surface area contributed by atoms with Crippen LogP contribution < -0.4 is 4.74 Å². The lowest BCUT2D eigenvalue weighted by molar-refractivity contribution is -0.129. The molecule has 1 saturated heterocycles. The number of thioether (sulfide) groups is 1. The summed E-state index contributed by atoms with van der Waals surface area (Å²) in [6, 6.07) is 12.2. The minimum Gasteiger partial charge on any atom is -0.483 e. The van der Waals surface area contributed by atoms with Crippen molar-refractivity contribution in [3.8, 4) is 5.75 Å². The SMILES string of the molecule is Cc1ccc(OCC(=O)N2CC(C)SC2=Nc2cccc(S(=O)(=O)N(C)C)c2)c(C)c1. The van der Waals surface area contributed by atoms with Crippen molar-refractivity contribution in [3.05, 3.63) is 53.6 Å². The Kier molecular flexibility index (Phi) is 7.08. The van der Waals surface area contributed by atoms with Gasteiger partial charge < -0.3 is 4.74 Å². The largest absolute Gasteiger partial charge is 0.483 e. The molecule has 0 N–H and O–H groups in total. The van der Waals surface area contributed by atoms with Crippen LogP contribution in [0.1, 0.15) is 18.1 Å². The number of benzene rings is 2. The quantitative estimate of drug-likeness (QED) is 0.657. The summed E-state index contributed by atoms with van der Waals surface area (Å²) in [5.74, 6) is 0.492. The number of nitrogens with zero attached hydrogens (tertiary/aromatic N) is 3. The molecule has 0 aliphatic carbocycles. The van der Waals surface area contributed by atoms with Crippen molar-refractivity contribution in [3.63, 3.8) is 0 Å². The molecule has 9 heteroatoms. The summed E-state index contributed by atoms with van der Waals surface area (Å²) >= 11 is 1.48. The van der Waals surface area contributed by atoms with E-state index in [1.54, 1.807) is 17.0 Å². The molecule has 1 amide bonds. The van der Waals surface area contributed by atoms with E-state index in [9.17, 15) is 13.2 Å². The molecule has 1 aliphatic rings. The molecule has 0 bridgehead atoms. The molecule has 1 fully saturated rings. The monoisotopic (exact) mass is 461 g/mol. The van der Waals surface area contributed by atoms with Gasteiger partial charge in [-0.15, -0.1) is 0 Å². The Morgan fingerprint density at radius 2 is 1.97 bits per heavy atom. The summed E-state index contributed by atoms with van der Waals surface area (Å²) in [4.78, 5) is 19.2. The fourth-order valence-corrected chi connectivity index (χ4v) is 5.11. The Balaban J connectivity index is 1.79. The standard InChI is InChI=1S/C22H27N3O4S2/c1-15-9-10-20(16(2)11-15)29-14-21(26)25-13-17(3)30-22(25)23-18-7-6-8-19(12-18)31(27,28)24(4)5/h6-12,17H,13-14H2,1-5H3. The molecular formula is C22H27N3O4S2. The van der Waals surface area contributed by atoms with E-state index in [0.29, 0.717) is 23.1 Å². The van der Waals surface area contributed by atoms with E-state index in [1.165, 1.54) is 38.0 Å². The fraction of sp³-hybridized carbons (Fsp3) is 0.364. The van der Waals surface area contributed by atoms with E-state index in [-0.39, 0.29) is 22.7 Å². The van der Waals surface area contributed by atoms with Gasteiger partial charge in [0.25, 0.3) is 5.91 Å².